The van der Waals surface area contributed by atoms with Gasteiger partial charge >= 0.3 is 6.09 Å². The summed E-state index contributed by atoms with van der Waals surface area (Å²) in [7, 11) is 0. The molecule has 128 valence electrons. The van der Waals surface area contributed by atoms with Crippen LogP contribution >= 0.6 is 0 Å². The Morgan fingerprint density at radius 2 is 1.72 bits per heavy atom. The second-order valence-corrected chi connectivity index (χ2v) is 7.08. The molecule has 1 amide bonds. The second kappa shape index (κ2) is 6.40. The standard InChI is InChI=1S/C22H23NO2/c1-2-12-22(13-7-14-22)23-21(24)25-15-20-18-10-5-3-8-16(18)17-9-4-6-11-19(17)20/h2-6,8-11,20H,1,7,12-15H2,(H,23,24). The molecule has 2 aliphatic carbocycles. The molecular formula is C22H23NO2. The highest BCUT2D eigenvalue weighted by molar-refractivity contribution is 5.79. The van der Waals surface area contributed by atoms with Gasteiger partial charge in [-0.15, -0.1) is 6.58 Å². The van der Waals surface area contributed by atoms with E-state index in [1.165, 1.54) is 22.3 Å². The molecule has 1 N–H and O–H groups in total. The van der Waals surface area contributed by atoms with Crippen molar-refractivity contribution in [2.24, 2.45) is 0 Å². The summed E-state index contributed by atoms with van der Waals surface area (Å²) in [5.41, 5.74) is 4.83. The number of nitrogens with one attached hydrogen (secondary N) is 1. The molecular weight excluding hydrogens is 310 g/mol. The van der Waals surface area contributed by atoms with Crippen molar-refractivity contribution in [3.8, 4) is 11.1 Å². The summed E-state index contributed by atoms with van der Waals surface area (Å²) >= 11 is 0. The fourth-order valence-corrected chi connectivity index (χ4v) is 4.11. The maximum atomic E-state index is 12.3. The highest BCUT2D eigenvalue weighted by atomic mass is 16.5. The van der Waals surface area contributed by atoms with Crippen LogP contribution in [-0.2, 0) is 4.74 Å². The number of rotatable bonds is 5. The van der Waals surface area contributed by atoms with Crippen LogP contribution in [0.2, 0.25) is 0 Å². The van der Waals surface area contributed by atoms with Gasteiger partial charge in [0, 0.05) is 11.5 Å². The third-order valence-electron chi connectivity index (χ3n) is 5.56. The van der Waals surface area contributed by atoms with Crippen molar-refractivity contribution < 1.29 is 9.53 Å². The molecule has 0 aromatic heterocycles. The van der Waals surface area contributed by atoms with Crippen molar-refractivity contribution in [2.75, 3.05) is 6.61 Å². The quantitative estimate of drug-likeness (QED) is 0.780. The Bertz CT molecular complexity index is 762. The maximum Gasteiger partial charge on any atom is 0.407 e. The number of ether oxygens (including phenoxy) is 1. The van der Waals surface area contributed by atoms with E-state index < -0.39 is 0 Å². The van der Waals surface area contributed by atoms with Gasteiger partial charge in [0.05, 0.1) is 0 Å². The van der Waals surface area contributed by atoms with Crippen LogP contribution in [0.25, 0.3) is 11.1 Å². The first-order valence-electron chi connectivity index (χ1n) is 8.96. The van der Waals surface area contributed by atoms with Gasteiger partial charge in [0.25, 0.3) is 0 Å². The molecule has 0 bridgehead atoms. The Balaban J connectivity index is 1.48. The Labute approximate surface area is 148 Å². The summed E-state index contributed by atoms with van der Waals surface area (Å²) in [6, 6.07) is 16.8. The van der Waals surface area contributed by atoms with Crippen LogP contribution in [0.3, 0.4) is 0 Å². The topological polar surface area (TPSA) is 38.3 Å². The molecule has 0 spiro atoms. The van der Waals surface area contributed by atoms with E-state index in [0.717, 1.165) is 25.7 Å². The molecule has 0 atom stereocenters. The zero-order valence-electron chi connectivity index (χ0n) is 14.3. The Hall–Kier alpha value is -2.55. The molecule has 0 unspecified atom stereocenters. The molecule has 1 saturated carbocycles. The fraction of sp³-hybridized carbons (Fsp3) is 0.318. The third kappa shape index (κ3) is 2.84. The van der Waals surface area contributed by atoms with E-state index >= 15 is 0 Å². The average Bonchev–Trinajstić information content (AvgIpc) is 2.92. The summed E-state index contributed by atoms with van der Waals surface area (Å²) in [4.78, 5) is 12.3. The predicted molar refractivity (Wildman–Crippen MR) is 99.6 cm³/mol. The lowest BCUT2D eigenvalue weighted by molar-refractivity contribution is 0.110. The summed E-state index contributed by atoms with van der Waals surface area (Å²) in [6.07, 6.45) is 5.52. The van der Waals surface area contributed by atoms with Crippen molar-refractivity contribution in [1.82, 2.24) is 5.32 Å². The second-order valence-electron chi connectivity index (χ2n) is 7.08. The van der Waals surface area contributed by atoms with Crippen molar-refractivity contribution in [1.29, 1.82) is 0 Å². The number of benzene rings is 2. The highest BCUT2D eigenvalue weighted by Crippen LogP contribution is 2.44. The molecule has 0 heterocycles. The summed E-state index contributed by atoms with van der Waals surface area (Å²) in [5, 5.41) is 3.07. The maximum absolute atomic E-state index is 12.3. The lowest BCUT2D eigenvalue weighted by Crippen LogP contribution is -2.53. The molecule has 2 aromatic rings. The third-order valence-corrected chi connectivity index (χ3v) is 5.56. The molecule has 2 aromatic carbocycles. The summed E-state index contributed by atoms with van der Waals surface area (Å²) < 4.78 is 5.63. The highest BCUT2D eigenvalue weighted by Gasteiger charge is 2.38. The van der Waals surface area contributed by atoms with Crippen molar-refractivity contribution >= 4 is 6.09 Å². The smallest absolute Gasteiger partial charge is 0.407 e. The number of amides is 1. The minimum atomic E-state index is -0.316. The molecule has 1 fully saturated rings. The van der Waals surface area contributed by atoms with Crippen LogP contribution in [0.5, 0.6) is 0 Å². The van der Waals surface area contributed by atoms with Gasteiger partial charge in [-0.2, -0.15) is 0 Å². The minimum absolute atomic E-state index is 0.106. The molecule has 3 nitrogen and oxygen atoms in total. The average molecular weight is 333 g/mol. The first kappa shape index (κ1) is 15.9. The number of hydrogen-bond donors (Lipinski definition) is 1. The molecule has 0 radical (unpaired) electrons. The van der Waals surface area contributed by atoms with Crippen LogP contribution in [0, 0.1) is 0 Å². The van der Waals surface area contributed by atoms with Gasteiger partial charge in [-0.25, -0.2) is 4.79 Å². The van der Waals surface area contributed by atoms with E-state index in [2.05, 4.69) is 48.3 Å². The SMILES string of the molecule is C=CCC1(NC(=O)OCC2c3ccccc3-c3ccccc32)CCC1. The predicted octanol–water partition coefficient (Wildman–Crippen LogP) is 5.02. The monoisotopic (exact) mass is 333 g/mol. The van der Waals surface area contributed by atoms with Gasteiger partial charge in [0.15, 0.2) is 0 Å². The largest absolute Gasteiger partial charge is 0.449 e. The number of carbonyl (C=O) groups is 1. The van der Waals surface area contributed by atoms with Gasteiger partial charge in [0.1, 0.15) is 6.61 Å². The van der Waals surface area contributed by atoms with E-state index in [1.54, 1.807) is 0 Å². The zero-order chi connectivity index (χ0) is 17.3. The van der Waals surface area contributed by atoms with E-state index in [1.807, 2.05) is 18.2 Å². The summed E-state index contributed by atoms with van der Waals surface area (Å²) in [6.45, 7) is 4.17. The number of alkyl carbamates (subject to hydrolysis) is 1. The van der Waals surface area contributed by atoms with Crippen LogP contribution in [0.4, 0.5) is 4.79 Å². The van der Waals surface area contributed by atoms with Crippen LogP contribution in [-0.4, -0.2) is 18.2 Å². The number of fused-ring (bicyclic) bond motifs is 3. The van der Waals surface area contributed by atoms with E-state index in [4.69, 9.17) is 4.74 Å². The van der Waals surface area contributed by atoms with Crippen LogP contribution in [0.1, 0.15) is 42.7 Å². The van der Waals surface area contributed by atoms with Crippen LogP contribution < -0.4 is 5.32 Å². The van der Waals surface area contributed by atoms with Gasteiger partial charge in [0.2, 0.25) is 0 Å². The van der Waals surface area contributed by atoms with E-state index in [0.29, 0.717) is 6.61 Å². The van der Waals surface area contributed by atoms with Gasteiger partial charge in [-0.3, -0.25) is 0 Å². The Morgan fingerprint density at radius 1 is 1.12 bits per heavy atom. The molecule has 3 heteroatoms. The lowest BCUT2D eigenvalue weighted by Gasteiger charge is -2.41. The Morgan fingerprint density at radius 3 is 2.24 bits per heavy atom. The molecule has 25 heavy (non-hydrogen) atoms. The molecule has 4 rings (SSSR count). The van der Waals surface area contributed by atoms with Crippen LogP contribution in [0.15, 0.2) is 61.2 Å². The van der Waals surface area contributed by atoms with Crippen molar-refractivity contribution in [2.45, 2.75) is 37.1 Å². The summed E-state index contributed by atoms with van der Waals surface area (Å²) in [5.74, 6) is 0.106. The van der Waals surface area contributed by atoms with Gasteiger partial charge in [-0.05, 0) is 47.9 Å². The number of carbonyl (C=O) groups excluding carboxylic acids is 1. The van der Waals surface area contributed by atoms with Crippen molar-refractivity contribution in [3.05, 3.63) is 72.3 Å². The Kier molecular flexibility index (Phi) is 4.08. The minimum Gasteiger partial charge on any atom is -0.449 e. The van der Waals surface area contributed by atoms with Gasteiger partial charge < -0.3 is 10.1 Å². The van der Waals surface area contributed by atoms with Gasteiger partial charge in [-0.1, -0.05) is 54.6 Å². The first-order chi connectivity index (χ1) is 12.2. The fourth-order valence-electron chi connectivity index (χ4n) is 4.11. The number of hydrogen-bond acceptors (Lipinski definition) is 2. The van der Waals surface area contributed by atoms with Crippen molar-refractivity contribution in [3.63, 3.8) is 0 Å². The zero-order valence-corrected chi connectivity index (χ0v) is 14.3. The first-order valence-corrected chi connectivity index (χ1v) is 8.96. The normalized spacial score (nSPS) is 17.1. The molecule has 0 aliphatic heterocycles. The van der Waals surface area contributed by atoms with E-state index in [-0.39, 0.29) is 17.6 Å². The molecule has 0 saturated heterocycles. The lowest BCUT2D eigenvalue weighted by atomic mass is 9.74. The van der Waals surface area contributed by atoms with E-state index in [9.17, 15) is 4.79 Å². The molecule has 2 aliphatic rings.